The molecule has 13 heavy (non-hydrogen) atoms. The van der Waals surface area contributed by atoms with Gasteiger partial charge in [-0.3, -0.25) is 4.98 Å². The fraction of sp³-hybridized carbons (Fsp3) is 0. The first-order chi connectivity index (χ1) is 6.09. The van der Waals surface area contributed by atoms with Gasteiger partial charge in [-0.05, 0) is 22.0 Å². The molecule has 0 saturated heterocycles. The van der Waals surface area contributed by atoms with Crippen molar-refractivity contribution in [3.63, 3.8) is 0 Å². The quantitative estimate of drug-likeness (QED) is 0.766. The van der Waals surface area contributed by atoms with Crippen molar-refractivity contribution in [1.29, 1.82) is 0 Å². The number of nitrogens with zero attached hydrogens (tertiary/aromatic N) is 1. The number of halogens is 1. The molecule has 0 saturated carbocycles. The average molecular weight is 243 g/mol. The number of pyridine rings is 1. The van der Waals surface area contributed by atoms with Gasteiger partial charge in [-0.25, -0.2) is 4.79 Å². The molecule has 4 nitrogen and oxygen atoms in total. The van der Waals surface area contributed by atoms with Crippen LogP contribution in [-0.4, -0.2) is 16.1 Å². The summed E-state index contributed by atoms with van der Waals surface area (Å²) >= 11 is 3.20. The summed E-state index contributed by atoms with van der Waals surface area (Å²) in [7, 11) is 0. The van der Waals surface area contributed by atoms with Gasteiger partial charge < -0.3 is 10.8 Å². The lowest BCUT2D eigenvalue weighted by molar-refractivity contribution is -0.131. The van der Waals surface area contributed by atoms with Crippen molar-refractivity contribution < 1.29 is 9.90 Å². The topological polar surface area (TPSA) is 76.2 Å². The lowest BCUT2D eigenvalue weighted by atomic mass is 10.2. The predicted molar refractivity (Wildman–Crippen MR) is 51.7 cm³/mol. The van der Waals surface area contributed by atoms with Crippen molar-refractivity contribution in [2.24, 2.45) is 5.73 Å². The summed E-state index contributed by atoms with van der Waals surface area (Å²) in [6.45, 7) is 0. The third-order valence-corrected chi connectivity index (χ3v) is 1.75. The maximum absolute atomic E-state index is 10.3. The zero-order chi connectivity index (χ0) is 9.84. The van der Waals surface area contributed by atoms with E-state index in [0.29, 0.717) is 5.56 Å². The summed E-state index contributed by atoms with van der Waals surface area (Å²) in [5, 5.41) is 8.43. The van der Waals surface area contributed by atoms with Gasteiger partial charge in [0.15, 0.2) is 0 Å². The van der Waals surface area contributed by atoms with Crippen LogP contribution in [0.15, 0.2) is 29.0 Å². The molecule has 0 spiro atoms. The van der Waals surface area contributed by atoms with E-state index in [1.54, 1.807) is 12.3 Å². The first kappa shape index (κ1) is 9.73. The van der Waals surface area contributed by atoms with E-state index in [1.165, 1.54) is 6.20 Å². The van der Waals surface area contributed by atoms with E-state index in [4.69, 9.17) is 10.8 Å². The number of carboxylic acid groups (broad SMARTS) is 1. The van der Waals surface area contributed by atoms with Crippen molar-refractivity contribution in [1.82, 2.24) is 4.98 Å². The standard InChI is InChI=1S/C8H7BrN2O2/c9-6-1-5(3-11-4-6)7(10)2-8(12)13/h1-4H,10H2,(H,12,13). The van der Waals surface area contributed by atoms with Crippen LogP contribution < -0.4 is 5.73 Å². The van der Waals surface area contributed by atoms with Gasteiger partial charge in [0, 0.05) is 34.2 Å². The normalized spacial score (nSPS) is 11.3. The third kappa shape index (κ3) is 2.87. The lowest BCUT2D eigenvalue weighted by Crippen LogP contribution is -2.01. The smallest absolute Gasteiger partial charge is 0.330 e. The number of rotatable bonds is 2. The molecule has 68 valence electrons. The van der Waals surface area contributed by atoms with E-state index in [-0.39, 0.29) is 5.70 Å². The molecule has 0 aliphatic carbocycles. The summed E-state index contributed by atoms with van der Waals surface area (Å²) in [6, 6.07) is 1.70. The molecule has 1 aromatic rings. The van der Waals surface area contributed by atoms with Gasteiger partial charge in [0.05, 0.1) is 0 Å². The van der Waals surface area contributed by atoms with Crippen LogP contribution in [0.1, 0.15) is 5.56 Å². The van der Waals surface area contributed by atoms with Crippen LogP contribution in [0.4, 0.5) is 0 Å². The van der Waals surface area contributed by atoms with E-state index in [2.05, 4.69) is 20.9 Å². The zero-order valence-corrected chi connectivity index (χ0v) is 8.15. The van der Waals surface area contributed by atoms with Gasteiger partial charge in [0.25, 0.3) is 0 Å². The van der Waals surface area contributed by atoms with Crippen LogP contribution in [0.2, 0.25) is 0 Å². The Morgan fingerprint density at radius 3 is 2.85 bits per heavy atom. The highest BCUT2D eigenvalue weighted by molar-refractivity contribution is 9.10. The molecular weight excluding hydrogens is 236 g/mol. The predicted octanol–water partition coefficient (Wildman–Crippen LogP) is 1.23. The van der Waals surface area contributed by atoms with Crippen molar-refractivity contribution in [3.05, 3.63) is 34.6 Å². The van der Waals surface area contributed by atoms with Crippen LogP contribution in [0, 0.1) is 0 Å². The minimum Gasteiger partial charge on any atom is -0.478 e. The number of carbonyl (C=O) groups is 1. The molecule has 1 aromatic heterocycles. The number of hydrogen-bond donors (Lipinski definition) is 2. The van der Waals surface area contributed by atoms with Gasteiger partial charge in [0.2, 0.25) is 0 Å². The Bertz CT molecular complexity index is 363. The Kier molecular flexibility index (Phi) is 3.02. The first-order valence-electron chi connectivity index (χ1n) is 3.40. The highest BCUT2D eigenvalue weighted by Crippen LogP contribution is 2.13. The van der Waals surface area contributed by atoms with E-state index in [0.717, 1.165) is 10.5 Å². The Morgan fingerprint density at radius 1 is 1.62 bits per heavy atom. The molecule has 1 rings (SSSR count). The maximum atomic E-state index is 10.3. The first-order valence-corrected chi connectivity index (χ1v) is 4.20. The van der Waals surface area contributed by atoms with Gasteiger partial charge >= 0.3 is 5.97 Å². The van der Waals surface area contributed by atoms with Crippen molar-refractivity contribution in [2.45, 2.75) is 0 Å². The van der Waals surface area contributed by atoms with Gasteiger partial charge in [-0.15, -0.1) is 0 Å². The molecule has 0 aliphatic rings. The number of nitrogens with two attached hydrogens (primary N) is 1. The summed E-state index contributed by atoms with van der Waals surface area (Å²) in [5.74, 6) is -1.07. The largest absolute Gasteiger partial charge is 0.478 e. The second-order valence-electron chi connectivity index (χ2n) is 2.33. The number of aliphatic carboxylic acids is 1. The van der Waals surface area contributed by atoms with Crippen LogP contribution >= 0.6 is 15.9 Å². The monoisotopic (exact) mass is 242 g/mol. The third-order valence-electron chi connectivity index (χ3n) is 1.32. The second kappa shape index (κ2) is 4.04. The molecule has 0 fully saturated rings. The van der Waals surface area contributed by atoms with Crippen LogP contribution in [0.3, 0.4) is 0 Å². The molecule has 1 heterocycles. The molecule has 3 N–H and O–H groups in total. The fourth-order valence-electron chi connectivity index (χ4n) is 0.786. The van der Waals surface area contributed by atoms with Crippen molar-refractivity contribution in [3.8, 4) is 0 Å². The van der Waals surface area contributed by atoms with Gasteiger partial charge in [-0.1, -0.05) is 0 Å². The van der Waals surface area contributed by atoms with Crippen LogP contribution in [-0.2, 0) is 4.79 Å². The molecule has 0 aliphatic heterocycles. The van der Waals surface area contributed by atoms with Gasteiger partial charge in [-0.2, -0.15) is 0 Å². The molecule has 5 heteroatoms. The van der Waals surface area contributed by atoms with E-state index >= 15 is 0 Å². The summed E-state index contributed by atoms with van der Waals surface area (Å²) < 4.78 is 0.756. The van der Waals surface area contributed by atoms with Crippen molar-refractivity contribution >= 4 is 27.6 Å². The minimum atomic E-state index is -1.07. The van der Waals surface area contributed by atoms with Crippen molar-refractivity contribution in [2.75, 3.05) is 0 Å². The second-order valence-corrected chi connectivity index (χ2v) is 3.25. The lowest BCUT2D eigenvalue weighted by Gasteiger charge is -1.99. The molecule has 0 bridgehead atoms. The molecular formula is C8H7BrN2O2. The molecule has 0 unspecified atom stereocenters. The summed E-state index contributed by atoms with van der Waals surface area (Å²) in [6.07, 6.45) is 4.03. The van der Waals surface area contributed by atoms with Crippen LogP contribution in [0.25, 0.3) is 5.70 Å². The van der Waals surface area contributed by atoms with E-state index in [9.17, 15) is 4.79 Å². The molecule has 0 atom stereocenters. The Hall–Kier alpha value is -1.36. The summed E-state index contributed by atoms with van der Waals surface area (Å²) in [5.41, 5.74) is 6.25. The van der Waals surface area contributed by atoms with E-state index < -0.39 is 5.97 Å². The highest BCUT2D eigenvalue weighted by atomic mass is 79.9. The SMILES string of the molecule is NC(=CC(=O)O)c1cncc(Br)c1. The van der Waals surface area contributed by atoms with Crippen LogP contribution in [0.5, 0.6) is 0 Å². The Morgan fingerprint density at radius 2 is 2.31 bits per heavy atom. The molecule has 0 aromatic carbocycles. The number of carboxylic acids is 1. The zero-order valence-electron chi connectivity index (χ0n) is 6.57. The minimum absolute atomic E-state index is 0.182. The highest BCUT2D eigenvalue weighted by Gasteiger charge is 2.00. The Balaban J connectivity index is 3.02. The average Bonchev–Trinajstić information content (AvgIpc) is 2.03. The fourth-order valence-corrected chi connectivity index (χ4v) is 1.15. The number of aromatic nitrogens is 1. The summed E-state index contributed by atoms with van der Waals surface area (Å²) in [4.78, 5) is 14.1. The number of hydrogen-bond acceptors (Lipinski definition) is 3. The molecule has 0 radical (unpaired) electrons. The maximum Gasteiger partial charge on any atom is 0.330 e. The Labute approximate surface area is 83.2 Å². The van der Waals surface area contributed by atoms with Gasteiger partial charge in [0.1, 0.15) is 0 Å². The van der Waals surface area contributed by atoms with E-state index in [1.807, 2.05) is 0 Å². The molecule has 0 amide bonds.